The van der Waals surface area contributed by atoms with Crippen molar-refractivity contribution in [2.45, 2.75) is 14.7 Å². The van der Waals surface area contributed by atoms with Gasteiger partial charge < -0.3 is 11.1 Å². The molecule has 0 bridgehead atoms. The number of benzene rings is 3. The maximum absolute atomic E-state index is 13.5. The molecule has 0 amide bonds. The molecule has 3 aromatic rings. The van der Waals surface area contributed by atoms with Crippen LogP contribution in [0.25, 0.3) is 0 Å². The van der Waals surface area contributed by atoms with Gasteiger partial charge in [-0.25, -0.2) is 0 Å². The third-order valence-corrected chi connectivity index (χ3v) is 7.89. The van der Waals surface area contributed by atoms with Gasteiger partial charge in [0.15, 0.2) is 11.6 Å². The summed E-state index contributed by atoms with van der Waals surface area (Å²) in [6, 6.07) is 8.10. The molecule has 0 spiro atoms. The van der Waals surface area contributed by atoms with E-state index in [2.05, 4.69) is 5.32 Å². The summed E-state index contributed by atoms with van der Waals surface area (Å²) >= 11 is 0. The number of fused-ring (bicyclic) bond motifs is 2. The minimum absolute atomic E-state index is 0.118. The van der Waals surface area contributed by atoms with Gasteiger partial charge in [-0.1, -0.05) is 18.2 Å². The van der Waals surface area contributed by atoms with Crippen molar-refractivity contribution >= 4 is 59.0 Å². The number of nitrogen functional groups attached to an aromatic ring is 1. The van der Waals surface area contributed by atoms with E-state index in [1.54, 1.807) is 0 Å². The van der Waals surface area contributed by atoms with Crippen LogP contribution in [0.3, 0.4) is 0 Å². The van der Waals surface area contributed by atoms with E-state index in [1.807, 2.05) is 0 Å². The molecule has 0 aromatic heterocycles. The highest BCUT2D eigenvalue weighted by molar-refractivity contribution is 7.86. The fourth-order valence-electron chi connectivity index (χ4n) is 3.78. The molecular formula is C20H14N2O11S3. The summed E-state index contributed by atoms with van der Waals surface area (Å²) in [5, 5.41) is 2.53. The molecule has 0 saturated carbocycles. The summed E-state index contributed by atoms with van der Waals surface area (Å²) in [6.07, 6.45) is 0. The Bertz CT molecular complexity index is 1830. The van der Waals surface area contributed by atoms with E-state index < -0.39 is 90.2 Å². The Balaban J connectivity index is 2.06. The molecule has 0 radical (unpaired) electrons. The lowest BCUT2D eigenvalue weighted by Crippen LogP contribution is -2.27. The Morgan fingerprint density at radius 3 is 1.86 bits per heavy atom. The second kappa shape index (κ2) is 8.19. The number of hydrogen-bond acceptors (Lipinski definition) is 10. The number of nitrogens with two attached hydrogens (primary N) is 1. The van der Waals surface area contributed by atoms with Crippen molar-refractivity contribution in [2.75, 3.05) is 11.1 Å². The van der Waals surface area contributed by atoms with Gasteiger partial charge in [-0.15, -0.1) is 0 Å². The lowest BCUT2D eigenvalue weighted by Gasteiger charge is -2.24. The second-order valence-electron chi connectivity index (χ2n) is 7.50. The van der Waals surface area contributed by atoms with Gasteiger partial charge in [0.1, 0.15) is 9.79 Å². The number of hydrogen-bond donors (Lipinski definition) is 5. The van der Waals surface area contributed by atoms with Crippen LogP contribution in [0.15, 0.2) is 63.2 Å². The van der Waals surface area contributed by atoms with Crippen LogP contribution in [0.4, 0.5) is 17.1 Å². The fraction of sp³-hybridized carbons (Fsp3) is 0. The Morgan fingerprint density at radius 2 is 1.28 bits per heavy atom. The maximum Gasteiger partial charge on any atom is 0.296 e. The van der Waals surface area contributed by atoms with Crippen molar-refractivity contribution in [3.63, 3.8) is 0 Å². The van der Waals surface area contributed by atoms with Crippen molar-refractivity contribution < 1.29 is 48.5 Å². The molecule has 1 aliphatic carbocycles. The summed E-state index contributed by atoms with van der Waals surface area (Å²) < 4.78 is 99.2. The Kier molecular flexibility index (Phi) is 5.78. The van der Waals surface area contributed by atoms with E-state index in [0.717, 1.165) is 30.3 Å². The molecule has 188 valence electrons. The van der Waals surface area contributed by atoms with Gasteiger partial charge in [0.2, 0.25) is 0 Å². The summed E-state index contributed by atoms with van der Waals surface area (Å²) in [5.74, 6) is -2.22. The molecular weight excluding hydrogens is 540 g/mol. The average molecular weight is 555 g/mol. The molecule has 0 aliphatic heterocycles. The topological polar surface area (TPSA) is 235 Å². The first-order chi connectivity index (χ1) is 16.5. The van der Waals surface area contributed by atoms with Crippen molar-refractivity contribution in [3.05, 3.63) is 70.8 Å². The predicted octanol–water partition coefficient (Wildman–Crippen LogP) is 1.53. The summed E-state index contributed by atoms with van der Waals surface area (Å²) in [5.41, 5.74) is 1.97. The normalized spacial score (nSPS) is 13.8. The summed E-state index contributed by atoms with van der Waals surface area (Å²) in [6.45, 7) is 0. The van der Waals surface area contributed by atoms with Crippen LogP contribution >= 0.6 is 0 Å². The molecule has 3 aromatic carbocycles. The average Bonchev–Trinajstić information content (AvgIpc) is 2.76. The minimum atomic E-state index is -5.06. The van der Waals surface area contributed by atoms with Crippen LogP contribution in [-0.2, 0) is 30.4 Å². The standard InChI is InChI=1S/C20H14N2O11S3/c21-18-14(36(31,32)33)8-12(22-9-3-1-4-10(7-9)34(25,26)27)16-17(18)19(23)11-5-2-6-13(35(28,29)30)15(11)20(16)24/h1-8,22H,21H2,(H,25,26,27)(H,28,29,30)(H,31,32,33). The van der Waals surface area contributed by atoms with E-state index >= 15 is 0 Å². The zero-order valence-electron chi connectivity index (χ0n) is 17.5. The van der Waals surface area contributed by atoms with Gasteiger partial charge in [-0.05, 0) is 30.3 Å². The van der Waals surface area contributed by atoms with Gasteiger partial charge in [0.25, 0.3) is 30.4 Å². The Labute approximate surface area is 203 Å². The van der Waals surface area contributed by atoms with Gasteiger partial charge in [-0.2, -0.15) is 25.3 Å². The highest BCUT2D eigenvalue weighted by Gasteiger charge is 2.39. The molecule has 16 heteroatoms. The number of carbonyl (C=O) groups excluding carboxylic acids is 2. The zero-order valence-corrected chi connectivity index (χ0v) is 20.0. The predicted molar refractivity (Wildman–Crippen MR) is 123 cm³/mol. The SMILES string of the molecule is Nc1c(S(=O)(=O)O)cc(Nc2cccc(S(=O)(=O)O)c2)c2c1C(=O)c1cccc(S(=O)(=O)O)c1C2=O. The smallest absolute Gasteiger partial charge is 0.296 e. The second-order valence-corrected chi connectivity index (χ2v) is 11.7. The van der Waals surface area contributed by atoms with Crippen molar-refractivity contribution in [1.82, 2.24) is 0 Å². The molecule has 36 heavy (non-hydrogen) atoms. The first kappa shape index (κ1) is 25.4. The number of ketones is 2. The lowest BCUT2D eigenvalue weighted by molar-refractivity contribution is 0.0977. The summed E-state index contributed by atoms with van der Waals surface area (Å²) in [4.78, 5) is 24.4. The fourth-order valence-corrected chi connectivity index (χ4v) is 5.66. The van der Waals surface area contributed by atoms with Gasteiger partial charge >= 0.3 is 0 Å². The van der Waals surface area contributed by atoms with Crippen LogP contribution in [-0.4, -0.2) is 50.5 Å². The van der Waals surface area contributed by atoms with Crippen LogP contribution < -0.4 is 11.1 Å². The monoisotopic (exact) mass is 554 g/mol. The van der Waals surface area contributed by atoms with E-state index in [9.17, 15) is 48.5 Å². The molecule has 0 saturated heterocycles. The Hall–Kier alpha value is -3.67. The van der Waals surface area contributed by atoms with Crippen molar-refractivity contribution in [2.24, 2.45) is 0 Å². The first-order valence-electron chi connectivity index (χ1n) is 9.50. The molecule has 0 heterocycles. The highest BCUT2D eigenvalue weighted by Crippen LogP contribution is 2.41. The van der Waals surface area contributed by atoms with Gasteiger partial charge in [-0.3, -0.25) is 23.2 Å². The quantitative estimate of drug-likeness (QED) is 0.174. The van der Waals surface area contributed by atoms with E-state index in [1.165, 1.54) is 12.1 Å². The maximum atomic E-state index is 13.5. The number of rotatable bonds is 5. The molecule has 6 N–H and O–H groups in total. The molecule has 0 atom stereocenters. The molecule has 1 aliphatic rings. The zero-order chi connectivity index (χ0) is 26.8. The number of nitrogens with one attached hydrogen (secondary N) is 1. The van der Waals surface area contributed by atoms with Gasteiger partial charge in [0, 0.05) is 11.3 Å². The third kappa shape index (κ3) is 4.25. The van der Waals surface area contributed by atoms with Crippen molar-refractivity contribution in [3.8, 4) is 0 Å². The van der Waals surface area contributed by atoms with Crippen molar-refractivity contribution in [1.29, 1.82) is 0 Å². The van der Waals surface area contributed by atoms with E-state index in [-0.39, 0.29) is 5.69 Å². The molecule has 0 unspecified atom stereocenters. The summed E-state index contributed by atoms with van der Waals surface area (Å²) in [7, 11) is -14.7. The van der Waals surface area contributed by atoms with Crippen LogP contribution in [0, 0.1) is 0 Å². The van der Waals surface area contributed by atoms with Crippen LogP contribution in [0.5, 0.6) is 0 Å². The first-order valence-corrected chi connectivity index (χ1v) is 13.8. The van der Waals surface area contributed by atoms with Gasteiger partial charge in [0.05, 0.1) is 33.0 Å². The third-order valence-electron chi connectivity index (χ3n) is 5.25. The van der Waals surface area contributed by atoms with Crippen LogP contribution in [0.2, 0.25) is 0 Å². The highest BCUT2D eigenvalue weighted by atomic mass is 32.2. The lowest BCUT2D eigenvalue weighted by atomic mass is 9.82. The molecule has 13 nitrogen and oxygen atoms in total. The van der Waals surface area contributed by atoms with E-state index in [0.29, 0.717) is 6.07 Å². The molecule has 4 rings (SSSR count). The van der Waals surface area contributed by atoms with E-state index in [4.69, 9.17) is 5.73 Å². The Morgan fingerprint density at radius 1 is 0.667 bits per heavy atom. The minimum Gasteiger partial charge on any atom is -0.397 e. The largest absolute Gasteiger partial charge is 0.397 e. The molecule has 0 fully saturated rings. The number of carbonyl (C=O) groups is 2. The van der Waals surface area contributed by atoms with Crippen LogP contribution in [0.1, 0.15) is 31.8 Å². The number of anilines is 3.